The van der Waals surface area contributed by atoms with Crippen LogP contribution < -0.4 is 4.90 Å². The summed E-state index contributed by atoms with van der Waals surface area (Å²) >= 11 is 0. The van der Waals surface area contributed by atoms with Crippen LogP contribution in [0.1, 0.15) is 33.0 Å². The van der Waals surface area contributed by atoms with Crippen molar-refractivity contribution in [2.24, 2.45) is 10.3 Å². The molecule has 2 aliphatic heterocycles. The second-order valence-electron chi connectivity index (χ2n) is 8.23. The van der Waals surface area contributed by atoms with Crippen molar-refractivity contribution in [1.29, 1.82) is 0 Å². The molecule has 0 amide bonds. The molecule has 146 valence electrons. The van der Waals surface area contributed by atoms with Gasteiger partial charge in [-0.3, -0.25) is 5.01 Å². The number of fused-ring (bicyclic) bond motifs is 1. The van der Waals surface area contributed by atoms with Crippen LogP contribution in [0.3, 0.4) is 0 Å². The van der Waals surface area contributed by atoms with Crippen LogP contribution >= 0.6 is 0 Å². The molecule has 2 aliphatic rings. The van der Waals surface area contributed by atoms with Gasteiger partial charge in [0, 0.05) is 25.4 Å². The van der Waals surface area contributed by atoms with Crippen molar-refractivity contribution < 1.29 is 8.78 Å². The topological polar surface area (TPSA) is 87.7 Å². The summed E-state index contributed by atoms with van der Waals surface area (Å²) in [5.74, 6) is -1.70. The van der Waals surface area contributed by atoms with E-state index in [1.54, 1.807) is 14.6 Å². The number of likely N-dealkylation sites (N-methyl/N-ethyl adjacent to an activating group) is 1. The molecule has 2 aromatic rings. The molecular formula is C16H23F2N9. The molecule has 4 rings (SSSR count). The summed E-state index contributed by atoms with van der Waals surface area (Å²) in [4.78, 5) is 10.9. The van der Waals surface area contributed by atoms with E-state index >= 15 is 0 Å². The standard InChI is InChI=1S/C16H23F2N9/c1-15(2,3)14-20-12(26-6-5-16(17,18)9-26)11-13(21-14)27(24-22-11)8-10-7-19-23-25(10)4/h10H,5-9H2,1-4H3. The lowest BCUT2D eigenvalue weighted by atomic mass is 9.96. The molecule has 1 saturated heterocycles. The van der Waals surface area contributed by atoms with Crippen LogP contribution in [0.2, 0.25) is 0 Å². The maximum absolute atomic E-state index is 13.8. The van der Waals surface area contributed by atoms with Crippen LogP contribution in [-0.2, 0) is 12.0 Å². The SMILES string of the molecule is CN1N=NCC1Cn1nnc2c(N3CCC(F)(F)C3)nc(C(C)(C)C)nc21. The fraction of sp³-hybridized carbons (Fsp3) is 0.750. The second kappa shape index (κ2) is 6.03. The number of anilines is 1. The molecule has 11 heteroatoms. The van der Waals surface area contributed by atoms with Crippen molar-refractivity contribution in [2.45, 2.75) is 51.1 Å². The van der Waals surface area contributed by atoms with Crippen LogP contribution in [0.5, 0.6) is 0 Å². The lowest BCUT2D eigenvalue weighted by Gasteiger charge is -2.22. The number of hydrogen-bond donors (Lipinski definition) is 0. The van der Waals surface area contributed by atoms with E-state index in [0.717, 1.165) is 0 Å². The molecule has 0 saturated carbocycles. The molecule has 0 bridgehead atoms. The maximum atomic E-state index is 13.8. The van der Waals surface area contributed by atoms with Gasteiger partial charge in [-0.05, 0) is 0 Å². The minimum Gasteiger partial charge on any atom is -0.348 e. The summed E-state index contributed by atoms with van der Waals surface area (Å²) in [5.41, 5.74) is 0.672. The Morgan fingerprint density at radius 2 is 2.00 bits per heavy atom. The van der Waals surface area contributed by atoms with Gasteiger partial charge in [-0.1, -0.05) is 31.2 Å². The van der Waals surface area contributed by atoms with Crippen LogP contribution in [0.25, 0.3) is 11.2 Å². The molecular weight excluding hydrogens is 356 g/mol. The number of nitrogens with zero attached hydrogens (tertiary/aromatic N) is 9. The average Bonchev–Trinajstić information content (AvgIpc) is 3.26. The fourth-order valence-corrected chi connectivity index (χ4v) is 3.23. The third-order valence-corrected chi connectivity index (χ3v) is 4.89. The van der Waals surface area contributed by atoms with Gasteiger partial charge in [0.05, 0.1) is 25.7 Å². The fourth-order valence-electron chi connectivity index (χ4n) is 3.23. The third-order valence-electron chi connectivity index (χ3n) is 4.89. The maximum Gasteiger partial charge on any atom is 0.266 e. The molecule has 0 radical (unpaired) electrons. The molecule has 1 unspecified atom stereocenters. The van der Waals surface area contributed by atoms with E-state index in [4.69, 9.17) is 0 Å². The number of alkyl halides is 2. The smallest absolute Gasteiger partial charge is 0.266 e. The van der Waals surface area contributed by atoms with E-state index in [1.165, 1.54) is 0 Å². The Hall–Kier alpha value is -2.46. The van der Waals surface area contributed by atoms with Gasteiger partial charge < -0.3 is 4.90 Å². The first-order chi connectivity index (χ1) is 12.6. The largest absolute Gasteiger partial charge is 0.348 e. The third kappa shape index (κ3) is 3.30. The van der Waals surface area contributed by atoms with Gasteiger partial charge in [-0.2, -0.15) is 5.11 Å². The number of rotatable bonds is 3. The second-order valence-corrected chi connectivity index (χ2v) is 8.23. The summed E-state index contributed by atoms with van der Waals surface area (Å²) in [6.07, 6.45) is -0.187. The Labute approximate surface area is 155 Å². The van der Waals surface area contributed by atoms with Crippen molar-refractivity contribution in [1.82, 2.24) is 30.0 Å². The van der Waals surface area contributed by atoms with Gasteiger partial charge in [0.15, 0.2) is 17.0 Å². The van der Waals surface area contributed by atoms with E-state index in [-0.39, 0.29) is 31.0 Å². The van der Waals surface area contributed by atoms with Gasteiger partial charge >= 0.3 is 0 Å². The van der Waals surface area contributed by atoms with E-state index in [1.807, 2.05) is 27.8 Å². The monoisotopic (exact) mass is 379 g/mol. The van der Waals surface area contributed by atoms with Gasteiger partial charge in [-0.15, -0.1) is 5.10 Å². The van der Waals surface area contributed by atoms with Gasteiger partial charge in [-0.25, -0.2) is 23.4 Å². The number of aromatic nitrogens is 5. The zero-order chi connectivity index (χ0) is 19.4. The zero-order valence-electron chi connectivity index (χ0n) is 15.9. The molecule has 4 heterocycles. The summed E-state index contributed by atoms with van der Waals surface area (Å²) in [6, 6.07) is 0.0579. The summed E-state index contributed by atoms with van der Waals surface area (Å²) < 4.78 is 29.3. The molecule has 9 nitrogen and oxygen atoms in total. The normalized spacial score (nSPS) is 22.4. The Bertz CT molecular complexity index is 886. The average molecular weight is 379 g/mol. The summed E-state index contributed by atoms with van der Waals surface area (Å²) in [7, 11) is 1.85. The predicted molar refractivity (Wildman–Crippen MR) is 94.9 cm³/mol. The van der Waals surface area contributed by atoms with Crippen molar-refractivity contribution >= 4 is 17.0 Å². The van der Waals surface area contributed by atoms with Crippen LogP contribution in [0.15, 0.2) is 10.3 Å². The van der Waals surface area contributed by atoms with Crippen molar-refractivity contribution in [3.63, 3.8) is 0 Å². The first kappa shape index (κ1) is 17.9. The summed E-state index contributed by atoms with van der Waals surface area (Å²) in [5, 5.41) is 18.3. The summed E-state index contributed by atoms with van der Waals surface area (Å²) in [6.45, 7) is 6.93. The van der Waals surface area contributed by atoms with Gasteiger partial charge in [0.1, 0.15) is 5.82 Å². The van der Waals surface area contributed by atoms with Crippen LogP contribution in [0.4, 0.5) is 14.6 Å². The van der Waals surface area contributed by atoms with Crippen LogP contribution in [0, 0.1) is 0 Å². The van der Waals surface area contributed by atoms with E-state index in [9.17, 15) is 8.78 Å². The van der Waals surface area contributed by atoms with Crippen molar-refractivity contribution in [2.75, 3.05) is 31.6 Å². The molecule has 0 aromatic carbocycles. The Morgan fingerprint density at radius 1 is 1.22 bits per heavy atom. The van der Waals surface area contributed by atoms with Crippen molar-refractivity contribution in [3.8, 4) is 0 Å². The van der Waals surface area contributed by atoms with E-state index in [0.29, 0.717) is 35.9 Å². The minimum atomic E-state index is -2.72. The zero-order valence-corrected chi connectivity index (χ0v) is 15.9. The highest BCUT2D eigenvalue weighted by Gasteiger charge is 2.40. The number of hydrogen-bond acceptors (Lipinski definition) is 8. The minimum absolute atomic E-state index is 0.0579. The Balaban J connectivity index is 1.78. The molecule has 1 fully saturated rings. The van der Waals surface area contributed by atoms with E-state index < -0.39 is 5.92 Å². The molecule has 27 heavy (non-hydrogen) atoms. The highest BCUT2D eigenvalue weighted by molar-refractivity contribution is 5.83. The lowest BCUT2D eigenvalue weighted by Crippen LogP contribution is -2.31. The number of halogens is 2. The highest BCUT2D eigenvalue weighted by atomic mass is 19.3. The molecule has 2 aromatic heterocycles. The predicted octanol–water partition coefficient (Wildman–Crippen LogP) is 2.05. The molecule has 0 spiro atoms. The Morgan fingerprint density at radius 3 is 2.59 bits per heavy atom. The molecule has 0 N–H and O–H groups in total. The highest BCUT2D eigenvalue weighted by Crippen LogP contribution is 2.34. The Kier molecular flexibility index (Phi) is 4.00. The first-order valence-corrected chi connectivity index (χ1v) is 8.99. The van der Waals surface area contributed by atoms with Gasteiger partial charge in [0.2, 0.25) is 0 Å². The van der Waals surface area contributed by atoms with Crippen LogP contribution in [-0.4, -0.2) is 68.6 Å². The first-order valence-electron chi connectivity index (χ1n) is 8.99. The lowest BCUT2D eigenvalue weighted by molar-refractivity contribution is 0.0257. The van der Waals surface area contributed by atoms with Gasteiger partial charge in [0.25, 0.3) is 5.92 Å². The van der Waals surface area contributed by atoms with E-state index in [2.05, 4.69) is 30.6 Å². The van der Waals surface area contributed by atoms with Crippen molar-refractivity contribution in [3.05, 3.63) is 5.82 Å². The molecule has 1 atom stereocenters. The quantitative estimate of drug-likeness (QED) is 0.811. The molecule has 0 aliphatic carbocycles.